The number of benzene rings is 3. The van der Waals surface area contributed by atoms with E-state index >= 15 is 0 Å². The highest BCUT2D eigenvalue weighted by Gasteiger charge is 2.35. The summed E-state index contributed by atoms with van der Waals surface area (Å²) in [5, 5.41) is 0. The summed E-state index contributed by atoms with van der Waals surface area (Å²) in [5.41, 5.74) is 8.71. The van der Waals surface area contributed by atoms with Crippen LogP contribution >= 0.6 is 11.3 Å². The quantitative estimate of drug-likeness (QED) is 0.283. The third-order valence-electron chi connectivity index (χ3n) is 6.57. The lowest BCUT2D eigenvalue weighted by molar-refractivity contribution is 0.660. The molecular weight excluding hydrogens is 408 g/mol. The largest absolute Gasteiger partial charge is 0.299 e. The smallest absolute Gasteiger partial charge is 0.145 e. The molecule has 0 unspecified atom stereocenters. The van der Waals surface area contributed by atoms with E-state index in [1.54, 1.807) is 11.3 Å². The number of para-hydroxylation sites is 1. The van der Waals surface area contributed by atoms with Gasteiger partial charge in [0, 0.05) is 27.7 Å². The maximum atomic E-state index is 5.14. The summed E-state index contributed by atoms with van der Waals surface area (Å²) in [4.78, 5) is 7.64. The molecule has 2 nitrogen and oxygen atoms in total. The molecule has 1 aliphatic carbocycles. The van der Waals surface area contributed by atoms with E-state index < -0.39 is 0 Å². The molecule has 5 aromatic rings. The summed E-state index contributed by atoms with van der Waals surface area (Å²) < 4.78 is 2.22. The molecule has 2 heterocycles. The van der Waals surface area contributed by atoms with Gasteiger partial charge in [0.1, 0.15) is 5.82 Å². The summed E-state index contributed by atoms with van der Waals surface area (Å²) in [5.74, 6) is 0.979. The van der Waals surface area contributed by atoms with Crippen LogP contribution in [0, 0.1) is 6.92 Å². The minimum atomic E-state index is -0.0280. The Labute approximate surface area is 192 Å². The van der Waals surface area contributed by atoms with Crippen molar-refractivity contribution >= 4 is 11.3 Å². The van der Waals surface area contributed by atoms with Gasteiger partial charge in [0.05, 0.1) is 10.6 Å². The average molecular weight is 433 g/mol. The number of imidazole rings is 1. The van der Waals surface area contributed by atoms with Crippen LogP contribution in [-0.4, -0.2) is 9.55 Å². The summed E-state index contributed by atoms with van der Waals surface area (Å²) in [6.45, 7) is 6.79. The third kappa shape index (κ3) is 2.89. The van der Waals surface area contributed by atoms with E-state index in [1.165, 1.54) is 32.0 Å². The lowest BCUT2D eigenvalue weighted by atomic mass is 9.82. The molecule has 0 fully saturated rings. The molecule has 1 aliphatic rings. The van der Waals surface area contributed by atoms with Gasteiger partial charge in [0.2, 0.25) is 0 Å². The first-order valence-corrected chi connectivity index (χ1v) is 11.8. The molecule has 0 saturated heterocycles. The number of aromatic nitrogens is 2. The fourth-order valence-electron chi connectivity index (χ4n) is 4.90. The van der Waals surface area contributed by atoms with Crippen molar-refractivity contribution in [2.24, 2.45) is 0 Å². The Hall–Kier alpha value is -3.43. The third-order valence-corrected chi connectivity index (χ3v) is 7.60. The maximum Gasteiger partial charge on any atom is 0.145 e. The fourth-order valence-corrected chi connectivity index (χ4v) is 5.73. The second kappa shape index (κ2) is 7.04. The molecule has 0 aliphatic heterocycles. The predicted molar refractivity (Wildman–Crippen MR) is 135 cm³/mol. The molecule has 32 heavy (non-hydrogen) atoms. The van der Waals surface area contributed by atoms with Crippen LogP contribution < -0.4 is 0 Å². The molecule has 0 radical (unpaired) electrons. The van der Waals surface area contributed by atoms with E-state index in [4.69, 9.17) is 4.98 Å². The molecule has 0 saturated carbocycles. The Kier molecular flexibility index (Phi) is 4.24. The molecule has 0 bridgehead atoms. The monoisotopic (exact) mass is 432 g/mol. The van der Waals surface area contributed by atoms with Gasteiger partial charge in [-0.25, -0.2) is 4.98 Å². The van der Waals surface area contributed by atoms with Crippen LogP contribution in [0.15, 0.2) is 91.1 Å². The van der Waals surface area contributed by atoms with Crippen molar-refractivity contribution in [1.82, 2.24) is 9.55 Å². The lowest BCUT2D eigenvalue weighted by Crippen LogP contribution is -2.15. The topological polar surface area (TPSA) is 17.8 Å². The van der Waals surface area contributed by atoms with Crippen LogP contribution in [0.5, 0.6) is 0 Å². The highest BCUT2D eigenvalue weighted by atomic mass is 32.1. The number of rotatable bonds is 3. The maximum absolute atomic E-state index is 5.14. The standard InChI is InChI=1S/C29H24N2S/c1-19-13-16-27(32-19)26-18-31(21-9-5-4-6-10-21)28(30-26)20-14-15-23-22-11-7-8-12-24(22)29(2,3)25(23)17-20/h4-18H,1-3H3. The molecule has 3 aromatic carbocycles. The van der Waals surface area contributed by atoms with Gasteiger partial charge in [0.15, 0.2) is 0 Å². The summed E-state index contributed by atoms with van der Waals surface area (Å²) >= 11 is 1.79. The first kappa shape index (κ1) is 19.3. The first-order valence-electron chi connectivity index (χ1n) is 11.0. The second-order valence-corrected chi connectivity index (χ2v) is 10.3. The number of fused-ring (bicyclic) bond motifs is 3. The number of thiophene rings is 1. The van der Waals surface area contributed by atoms with Gasteiger partial charge in [-0.1, -0.05) is 68.4 Å². The number of nitrogens with zero attached hydrogens (tertiary/aromatic N) is 2. The van der Waals surface area contributed by atoms with Crippen molar-refractivity contribution in [2.75, 3.05) is 0 Å². The van der Waals surface area contributed by atoms with E-state index in [9.17, 15) is 0 Å². The fraction of sp³-hybridized carbons (Fsp3) is 0.138. The van der Waals surface area contributed by atoms with Crippen molar-refractivity contribution < 1.29 is 0 Å². The van der Waals surface area contributed by atoms with E-state index in [0.29, 0.717) is 0 Å². The highest BCUT2D eigenvalue weighted by molar-refractivity contribution is 7.15. The Morgan fingerprint density at radius 2 is 1.53 bits per heavy atom. The lowest BCUT2D eigenvalue weighted by Gasteiger charge is -2.22. The van der Waals surface area contributed by atoms with Gasteiger partial charge in [-0.2, -0.15) is 0 Å². The minimum Gasteiger partial charge on any atom is -0.299 e. The van der Waals surface area contributed by atoms with Crippen LogP contribution in [0.3, 0.4) is 0 Å². The van der Waals surface area contributed by atoms with Crippen LogP contribution in [-0.2, 0) is 5.41 Å². The van der Waals surface area contributed by atoms with Gasteiger partial charge in [0.25, 0.3) is 0 Å². The van der Waals surface area contributed by atoms with Gasteiger partial charge in [-0.15, -0.1) is 11.3 Å². The molecule has 0 N–H and O–H groups in total. The van der Waals surface area contributed by atoms with Gasteiger partial charge < -0.3 is 0 Å². The molecule has 2 aromatic heterocycles. The van der Waals surface area contributed by atoms with Crippen LogP contribution in [0.1, 0.15) is 29.9 Å². The number of hydrogen-bond donors (Lipinski definition) is 0. The van der Waals surface area contributed by atoms with Gasteiger partial charge in [-0.3, -0.25) is 4.57 Å². The molecule has 0 amide bonds. The van der Waals surface area contributed by atoms with Crippen LogP contribution in [0.25, 0.3) is 38.8 Å². The molecule has 6 rings (SSSR count). The highest BCUT2D eigenvalue weighted by Crippen LogP contribution is 2.49. The number of aryl methyl sites for hydroxylation is 1. The SMILES string of the molecule is Cc1ccc(-c2cn(-c3ccccc3)c(-c3ccc4c(c3)C(C)(C)c3ccccc3-4)n2)s1. The zero-order valence-corrected chi connectivity index (χ0v) is 19.3. The van der Waals surface area contributed by atoms with Crippen LogP contribution in [0.2, 0.25) is 0 Å². The Morgan fingerprint density at radius 3 is 2.31 bits per heavy atom. The van der Waals surface area contributed by atoms with E-state index in [-0.39, 0.29) is 5.41 Å². The van der Waals surface area contributed by atoms with Crippen molar-refractivity contribution in [3.05, 3.63) is 107 Å². The summed E-state index contributed by atoms with van der Waals surface area (Å²) in [7, 11) is 0. The first-order chi connectivity index (χ1) is 15.5. The Balaban J connectivity index is 1.55. The molecular formula is C29H24N2S. The number of hydrogen-bond acceptors (Lipinski definition) is 2. The predicted octanol–water partition coefficient (Wildman–Crippen LogP) is 7.88. The van der Waals surface area contributed by atoms with Crippen LogP contribution in [0.4, 0.5) is 0 Å². The zero-order chi connectivity index (χ0) is 21.9. The zero-order valence-electron chi connectivity index (χ0n) is 18.5. The summed E-state index contributed by atoms with van der Waals surface area (Å²) in [6, 6.07) is 30.5. The second-order valence-electron chi connectivity index (χ2n) is 9.00. The molecule has 0 spiro atoms. The minimum absolute atomic E-state index is 0.0280. The van der Waals surface area contributed by atoms with Crippen molar-refractivity contribution in [3.8, 4) is 38.8 Å². The van der Waals surface area contributed by atoms with Crippen molar-refractivity contribution in [1.29, 1.82) is 0 Å². The van der Waals surface area contributed by atoms with E-state index in [2.05, 4.69) is 116 Å². The Morgan fingerprint density at radius 1 is 0.781 bits per heavy atom. The van der Waals surface area contributed by atoms with Gasteiger partial charge >= 0.3 is 0 Å². The Bertz CT molecular complexity index is 1450. The molecule has 0 atom stereocenters. The average Bonchev–Trinajstić information content (AvgIpc) is 3.50. The van der Waals surface area contributed by atoms with E-state index in [1.807, 2.05) is 0 Å². The molecule has 3 heteroatoms. The van der Waals surface area contributed by atoms with Crippen molar-refractivity contribution in [2.45, 2.75) is 26.2 Å². The van der Waals surface area contributed by atoms with Gasteiger partial charge in [-0.05, 0) is 59.5 Å². The molecule has 156 valence electrons. The summed E-state index contributed by atoms with van der Waals surface area (Å²) in [6.07, 6.45) is 2.17. The van der Waals surface area contributed by atoms with E-state index in [0.717, 1.165) is 22.8 Å². The normalized spacial score (nSPS) is 13.7. The van der Waals surface area contributed by atoms with Crippen molar-refractivity contribution in [3.63, 3.8) is 0 Å².